The van der Waals surface area contributed by atoms with Crippen molar-refractivity contribution >= 4 is 46.1 Å². The van der Waals surface area contributed by atoms with Gasteiger partial charge in [0.05, 0.1) is 17.5 Å². The summed E-state index contributed by atoms with van der Waals surface area (Å²) >= 11 is 7.61. The number of aromatic amines is 1. The van der Waals surface area contributed by atoms with Gasteiger partial charge in [-0.2, -0.15) is 0 Å². The number of methoxy groups -OCH3 is 1. The van der Waals surface area contributed by atoms with Crippen LogP contribution in [0.15, 0.2) is 70.7 Å². The number of hydrogen-bond acceptors (Lipinski definition) is 6. The lowest BCUT2D eigenvalue weighted by molar-refractivity contribution is 0.0738. The minimum Gasteiger partial charge on any atom is -0.497 e. The Balaban J connectivity index is 1.43. The minimum absolute atomic E-state index is 0.0183. The van der Waals surface area contributed by atoms with Gasteiger partial charge >= 0.3 is 0 Å². The van der Waals surface area contributed by atoms with Crippen molar-refractivity contribution in [2.45, 2.75) is 9.79 Å². The molecule has 1 N–H and O–H groups in total. The second-order valence-corrected chi connectivity index (χ2v) is 9.14. The molecular formula is C24H22ClN5O2S. The maximum Gasteiger partial charge on any atom is 0.271 e. The van der Waals surface area contributed by atoms with Crippen LogP contribution in [0.25, 0.3) is 10.9 Å². The van der Waals surface area contributed by atoms with Crippen LogP contribution in [0.2, 0.25) is 5.02 Å². The highest BCUT2D eigenvalue weighted by Crippen LogP contribution is 2.38. The van der Waals surface area contributed by atoms with Crippen molar-refractivity contribution in [2.24, 2.45) is 0 Å². The first-order chi connectivity index (χ1) is 16.1. The Bertz CT molecular complexity index is 1270. The number of amides is 1. The molecule has 3 heterocycles. The Labute approximate surface area is 200 Å². The summed E-state index contributed by atoms with van der Waals surface area (Å²) in [4.78, 5) is 31.5. The number of halogens is 1. The van der Waals surface area contributed by atoms with E-state index in [4.69, 9.17) is 16.3 Å². The second-order valence-electron chi connectivity index (χ2n) is 7.62. The molecule has 4 aromatic rings. The van der Waals surface area contributed by atoms with Gasteiger partial charge in [-0.3, -0.25) is 4.79 Å². The molecule has 1 amide bonds. The van der Waals surface area contributed by atoms with E-state index in [9.17, 15) is 4.79 Å². The highest BCUT2D eigenvalue weighted by atomic mass is 35.5. The smallest absolute Gasteiger partial charge is 0.271 e. The van der Waals surface area contributed by atoms with E-state index in [0.717, 1.165) is 26.4 Å². The second kappa shape index (κ2) is 9.33. The zero-order valence-corrected chi connectivity index (χ0v) is 19.6. The molecule has 2 aromatic carbocycles. The summed E-state index contributed by atoms with van der Waals surface area (Å²) in [7, 11) is 1.63. The number of ether oxygens (including phenoxy) is 1. The fourth-order valence-electron chi connectivity index (χ4n) is 3.88. The summed E-state index contributed by atoms with van der Waals surface area (Å²) in [6.07, 6.45) is 3.47. The molecule has 5 rings (SSSR count). The number of anilines is 1. The Kier molecular flexibility index (Phi) is 6.11. The third-order valence-corrected chi connectivity index (χ3v) is 7.00. The van der Waals surface area contributed by atoms with Crippen LogP contribution in [-0.2, 0) is 0 Å². The molecule has 0 bridgehead atoms. The predicted octanol–water partition coefficient (Wildman–Crippen LogP) is 4.73. The third-order valence-electron chi connectivity index (χ3n) is 5.61. The molecule has 0 unspecified atom stereocenters. The van der Waals surface area contributed by atoms with Gasteiger partial charge in [0.1, 0.15) is 11.4 Å². The Morgan fingerprint density at radius 2 is 1.79 bits per heavy atom. The highest BCUT2D eigenvalue weighted by molar-refractivity contribution is 7.99. The quantitative estimate of drug-likeness (QED) is 0.446. The highest BCUT2D eigenvalue weighted by Gasteiger charge is 2.27. The van der Waals surface area contributed by atoms with Crippen LogP contribution >= 0.6 is 23.4 Å². The third kappa shape index (κ3) is 4.49. The monoisotopic (exact) mass is 479 g/mol. The fourth-order valence-corrected chi connectivity index (χ4v) is 5.04. The van der Waals surface area contributed by atoms with E-state index in [2.05, 4.69) is 19.9 Å². The van der Waals surface area contributed by atoms with E-state index in [-0.39, 0.29) is 5.91 Å². The molecule has 1 fully saturated rings. The van der Waals surface area contributed by atoms with Crippen LogP contribution in [0.3, 0.4) is 0 Å². The minimum atomic E-state index is -0.0183. The summed E-state index contributed by atoms with van der Waals surface area (Å²) in [6, 6.07) is 15.3. The van der Waals surface area contributed by atoms with E-state index in [1.165, 1.54) is 0 Å². The van der Waals surface area contributed by atoms with Crippen LogP contribution in [0.5, 0.6) is 5.75 Å². The molecule has 168 valence electrons. The van der Waals surface area contributed by atoms with E-state index in [0.29, 0.717) is 42.8 Å². The molecule has 1 saturated heterocycles. The standard InChI is InChI=1S/C24H22ClN5O2S/c1-32-17-5-8-19-20(15-17)28-21(22(19)33-18-6-3-16(25)4-7-18)23(31)29-11-13-30(14-12-29)24-26-9-2-10-27-24/h2-10,15,28H,11-14H2,1H3. The molecule has 1 aliphatic rings. The molecule has 2 aromatic heterocycles. The molecule has 0 aliphatic carbocycles. The van der Waals surface area contributed by atoms with Gasteiger partial charge in [0.15, 0.2) is 0 Å². The lowest BCUT2D eigenvalue weighted by Crippen LogP contribution is -2.49. The molecule has 0 spiro atoms. The number of nitrogens with one attached hydrogen (secondary N) is 1. The summed E-state index contributed by atoms with van der Waals surface area (Å²) in [5.41, 5.74) is 1.45. The zero-order chi connectivity index (χ0) is 22.8. The van der Waals surface area contributed by atoms with Gasteiger partial charge in [0, 0.05) is 59.9 Å². The summed E-state index contributed by atoms with van der Waals surface area (Å²) in [5.74, 6) is 1.42. The number of piperazine rings is 1. The van der Waals surface area contributed by atoms with E-state index in [1.54, 1.807) is 37.3 Å². The summed E-state index contributed by atoms with van der Waals surface area (Å²) in [5, 5.41) is 1.66. The molecule has 0 saturated carbocycles. The number of rotatable bonds is 5. The molecule has 33 heavy (non-hydrogen) atoms. The number of nitrogens with zero attached hydrogens (tertiary/aromatic N) is 4. The van der Waals surface area contributed by atoms with E-state index >= 15 is 0 Å². The van der Waals surface area contributed by atoms with Crippen molar-refractivity contribution in [2.75, 3.05) is 38.2 Å². The van der Waals surface area contributed by atoms with Crippen LogP contribution in [0.1, 0.15) is 10.5 Å². The molecular weight excluding hydrogens is 458 g/mol. The number of carbonyl (C=O) groups is 1. The maximum atomic E-state index is 13.6. The summed E-state index contributed by atoms with van der Waals surface area (Å²) in [6.45, 7) is 2.56. The van der Waals surface area contributed by atoms with Gasteiger partial charge in [-0.05, 0) is 42.5 Å². The van der Waals surface area contributed by atoms with Crippen molar-refractivity contribution in [3.05, 3.63) is 71.6 Å². The molecule has 9 heteroatoms. The number of aromatic nitrogens is 3. The number of hydrogen-bond donors (Lipinski definition) is 1. The first-order valence-electron chi connectivity index (χ1n) is 10.6. The predicted molar refractivity (Wildman–Crippen MR) is 131 cm³/mol. The normalized spacial score (nSPS) is 14.0. The van der Waals surface area contributed by atoms with Crippen molar-refractivity contribution in [3.63, 3.8) is 0 Å². The van der Waals surface area contributed by atoms with E-state index in [1.807, 2.05) is 47.4 Å². The first-order valence-corrected chi connectivity index (χ1v) is 11.8. The Morgan fingerprint density at radius 3 is 2.48 bits per heavy atom. The van der Waals surface area contributed by atoms with Crippen molar-refractivity contribution in [1.82, 2.24) is 19.9 Å². The lowest BCUT2D eigenvalue weighted by atomic mass is 10.2. The zero-order valence-electron chi connectivity index (χ0n) is 18.0. The molecule has 1 aliphatic heterocycles. The van der Waals surface area contributed by atoms with Crippen LogP contribution in [-0.4, -0.2) is 59.0 Å². The van der Waals surface area contributed by atoms with Crippen molar-refractivity contribution < 1.29 is 9.53 Å². The number of H-pyrrole nitrogens is 1. The average molecular weight is 480 g/mol. The number of benzene rings is 2. The van der Waals surface area contributed by atoms with Crippen molar-refractivity contribution in [3.8, 4) is 5.75 Å². The van der Waals surface area contributed by atoms with Gasteiger partial charge in [0.2, 0.25) is 5.95 Å². The topological polar surface area (TPSA) is 74.3 Å². The fraction of sp³-hybridized carbons (Fsp3) is 0.208. The molecule has 7 nitrogen and oxygen atoms in total. The van der Waals surface area contributed by atoms with Crippen LogP contribution < -0.4 is 9.64 Å². The number of carbonyl (C=O) groups excluding carboxylic acids is 1. The van der Waals surface area contributed by atoms with Gasteiger partial charge in [0.25, 0.3) is 5.91 Å². The van der Waals surface area contributed by atoms with Gasteiger partial charge in [-0.1, -0.05) is 23.4 Å². The Hall–Kier alpha value is -3.23. The van der Waals surface area contributed by atoms with Gasteiger partial charge in [-0.15, -0.1) is 0 Å². The van der Waals surface area contributed by atoms with Crippen LogP contribution in [0.4, 0.5) is 5.95 Å². The first kappa shape index (κ1) is 21.6. The van der Waals surface area contributed by atoms with Crippen molar-refractivity contribution in [1.29, 1.82) is 0 Å². The van der Waals surface area contributed by atoms with Crippen LogP contribution in [0, 0.1) is 0 Å². The lowest BCUT2D eigenvalue weighted by Gasteiger charge is -2.34. The average Bonchev–Trinajstić information content (AvgIpc) is 3.23. The Morgan fingerprint density at radius 1 is 1.06 bits per heavy atom. The summed E-state index contributed by atoms with van der Waals surface area (Å²) < 4.78 is 5.38. The number of fused-ring (bicyclic) bond motifs is 1. The molecule has 0 radical (unpaired) electrons. The van der Waals surface area contributed by atoms with Gasteiger partial charge in [-0.25, -0.2) is 9.97 Å². The van der Waals surface area contributed by atoms with E-state index < -0.39 is 0 Å². The maximum absolute atomic E-state index is 13.6. The molecule has 0 atom stereocenters. The largest absolute Gasteiger partial charge is 0.497 e. The SMILES string of the molecule is COc1ccc2c(Sc3ccc(Cl)cc3)c(C(=O)N3CCN(c4ncccn4)CC3)[nH]c2c1. The van der Waals surface area contributed by atoms with Gasteiger partial charge < -0.3 is 19.5 Å².